The Kier molecular flexibility index (Phi) is 4.81. The highest BCUT2D eigenvalue weighted by molar-refractivity contribution is 7.89. The molecule has 0 unspecified atom stereocenters. The summed E-state index contributed by atoms with van der Waals surface area (Å²) in [5.74, 6) is -0.793. The van der Waals surface area contributed by atoms with Crippen LogP contribution in [0.2, 0.25) is 0 Å². The summed E-state index contributed by atoms with van der Waals surface area (Å²) < 4.78 is 66.9. The second-order valence-corrected chi connectivity index (χ2v) is 7.04. The van der Waals surface area contributed by atoms with Crippen LogP contribution in [0.3, 0.4) is 0 Å². The molecule has 1 aliphatic heterocycles. The van der Waals surface area contributed by atoms with Crippen molar-refractivity contribution < 1.29 is 30.8 Å². The van der Waals surface area contributed by atoms with E-state index in [4.69, 9.17) is 4.42 Å². The van der Waals surface area contributed by atoms with Crippen LogP contribution in [0.1, 0.15) is 12.2 Å². The molecular weight excluding hydrogens is 325 g/mol. The Bertz CT molecular complexity index is 613. The topological polar surface area (TPSA) is 70.8 Å². The Morgan fingerprint density at radius 1 is 1.41 bits per heavy atom. The van der Waals surface area contributed by atoms with Crippen LogP contribution in [0.5, 0.6) is 0 Å². The van der Waals surface area contributed by atoms with Gasteiger partial charge in [-0.3, -0.25) is 4.79 Å². The van der Waals surface area contributed by atoms with Crippen LogP contribution in [-0.2, 0) is 21.4 Å². The van der Waals surface area contributed by atoms with E-state index in [9.17, 15) is 26.4 Å². The van der Waals surface area contributed by atoms with Crippen LogP contribution in [0, 0.1) is 0 Å². The third-order valence-corrected chi connectivity index (χ3v) is 5.07. The standard InChI is InChI=1S/C12H15F3N2O4S/c13-12(14,15)9-16(7-10-3-1-5-21-10)11(18)8-17-4-2-6-22(17,19)20/h1,3,5H,2,4,6-9H2. The first-order valence-corrected chi connectivity index (χ1v) is 8.13. The molecule has 0 N–H and O–H groups in total. The highest BCUT2D eigenvalue weighted by Crippen LogP contribution is 2.20. The molecule has 0 aromatic carbocycles. The van der Waals surface area contributed by atoms with Crippen molar-refractivity contribution >= 4 is 15.9 Å². The van der Waals surface area contributed by atoms with Gasteiger partial charge in [0.1, 0.15) is 12.3 Å². The van der Waals surface area contributed by atoms with Gasteiger partial charge in [-0.15, -0.1) is 0 Å². The maximum atomic E-state index is 12.6. The first kappa shape index (κ1) is 16.8. The molecule has 0 saturated carbocycles. The van der Waals surface area contributed by atoms with Crippen molar-refractivity contribution in [2.75, 3.05) is 25.4 Å². The van der Waals surface area contributed by atoms with Crippen molar-refractivity contribution in [1.82, 2.24) is 9.21 Å². The van der Waals surface area contributed by atoms with E-state index in [1.807, 2.05) is 0 Å². The van der Waals surface area contributed by atoms with Gasteiger partial charge in [0.15, 0.2) is 0 Å². The summed E-state index contributed by atoms with van der Waals surface area (Å²) in [6, 6.07) is 2.94. The fourth-order valence-electron chi connectivity index (χ4n) is 2.16. The van der Waals surface area contributed by atoms with Crippen molar-refractivity contribution in [2.24, 2.45) is 0 Å². The molecule has 0 radical (unpaired) electrons. The number of sulfonamides is 1. The molecule has 1 amide bonds. The molecule has 1 aliphatic rings. The predicted molar refractivity (Wildman–Crippen MR) is 70.2 cm³/mol. The zero-order chi connectivity index (χ0) is 16.4. The van der Waals surface area contributed by atoms with E-state index in [1.165, 1.54) is 18.4 Å². The second-order valence-electron chi connectivity index (χ2n) is 4.95. The summed E-state index contributed by atoms with van der Waals surface area (Å²) in [5, 5.41) is 0. The van der Waals surface area contributed by atoms with E-state index < -0.39 is 35.2 Å². The molecular formula is C12H15F3N2O4S. The maximum absolute atomic E-state index is 12.6. The Hall–Kier alpha value is -1.55. The summed E-state index contributed by atoms with van der Waals surface area (Å²) in [5.41, 5.74) is 0. The van der Waals surface area contributed by atoms with Gasteiger partial charge in [-0.1, -0.05) is 0 Å². The molecule has 10 heteroatoms. The zero-order valence-corrected chi connectivity index (χ0v) is 12.4. The van der Waals surface area contributed by atoms with Crippen molar-refractivity contribution in [3.8, 4) is 0 Å². The summed E-state index contributed by atoms with van der Waals surface area (Å²) in [6.07, 6.45) is -2.92. The minimum atomic E-state index is -4.58. The van der Waals surface area contributed by atoms with E-state index in [2.05, 4.69) is 0 Å². The minimum absolute atomic E-state index is 0.0856. The lowest BCUT2D eigenvalue weighted by Gasteiger charge is -2.25. The van der Waals surface area contributed by atoms with E-state index in [0.717, 1.165) is 4.31 Å². The summed E-state index contributed by atoms with van der Waals surface area (Å²) in [4.78, 5) is 12.6. The number of furan rings is 1. The van der Waals surface area contributed by atoms with Crippen molar-refractivity contribution in [3.05, 3.63) is 24.2 Å². The van der Waals surface area contributed by atoms with Gasteiger partial charge in [-0.05, 0) is 18.6 Å². The second kappa shape index (κ2) is 6.29. The number of alkyl halides is 3. The largest absolute Gasteiger partial charge is 0.467 e. The minimum Gasteiger partial charge on any atom is -0.467 e. The maximum Gasteiger partial charge on any atom is 0.406 e. The molecule has 0 aliphatic carbocycles. The number of rotatable bonds is 5. The molecule has 1 aromatic rings. The highest BCUT2D eigenvalue weighted by atomic mass is 32.2. The van der Waals surface area contributed by atoms with Gasteiger partial charge in [0, 0.05) is 6.54 Å². The lowest BCUT2D eigenvalue weighted by Crippen LogP contribution is -2.44. The lowest BCUT2D eigenvalue weighted by atomic mass is 10.3. The first-order valence-electron chi connectivity index (χ1n) is 6.52. The van der Waals surface area contributed by atoms with Crippen LogP contribution in [0.15, 0.2) is 22.8 Å². The fourth-order valence-corrected chi connectivity index (χ4v) is 3.63. The summed E-state index contributed by atoms with van der Waals surface area (Å²) in [6.45, 7) is -2.26. The van der Waals surface area contributed by atoms with E-state index >= 15 is 0 Å². The van der Waals surface area contributed by atoms with Crippen LogP contribution in [0.25, 0.3) is 0 Å². The highest BCUT2D eigenvalue weighted by Gasteiger charge is 2.36. The molecule has 1 fully saturated rings. The molecule has 2 heterocycles. The van der Waals surface area contributed by atoms with Gasteiger partial charge < -0.3 is 9.32 Å². The number of nitrogens with zero attached hydrogens (tertiary/aromatic N) is 2. The van der Waals surface area contributed by atoms with Crippen LogP contribution in [0.4, 0.5) is 13.2 Å². The molecule has 22 heavy (non-hydrogen) atoms. The third kappa shape index (κ3) is 4.47. The number of carbonyl (C=O) groups is 1. The fraction of sp³-hybridized carbons (Fsp3) is 0.583. The lowest BCUT2D eigenvalue weighted by molar-refractivity contribution is -0.162. The zero-order valence-electron chi connectivity index (χ0n) is 11.5. The van der Waals surface area contributed by atoms with Crippen LogP contribution < -0.4 is 0 Å². The number of hydrogen-bond donors (Lipinski definition) is 0. The first-order chi connectivity index (χ1) is 10.2. The van der Waals surface area contributed by atoms with Gasteiger partial charge in [-0.25, -0.2) is 8.42 Å². The molecule has 0 spiro atoms. The van der Waals surface area contributed by atoms with Crippen LogP contribution in [-0.4, -0.2) is 55.1 Å². The summed E-state index contributed by atoms with van der Waals surface area (Å²) >= 11 is 0. The summed E-state index contributed by atoms with van der Waals surface area (Å²) in [7, 11) is -3.54. The van der Waals surface area contributed by atoms with Crippen molar-refractivity contribution in [1.29, 1.82) is 0 Å². The van der Waals surface area contributed by atoms with E-state index in [1.54, 1.807) is 0 Å². The van der Waals surface area contributed by atoms with Gasteiger partial charge in [0.2, 0.25) is 15.9 Å². The predicted octanol–water partition coefficient (Wildman–Crippen LogP) is 1.21. The Labute approximate surface area is 125 Å². The van der Waals surface area contributed by atoms with E-state index in [-0.39, 0.29) is 24.6 Å². The molecule has 0 atom stereocenters. The number of hydrogen-bond acceptors (Lipinski definition) is 4. The molecule has 6 nitrogen and oxygen atoms in total. The molecule has 1 aromatic heterocycles. The Morgan fingerprint density at radius 3 is 2.64 bits per heavy atom. The SMILES string of the molecule is O=C(CN1CCCS1(=O)=O)N(Cc1ccco1)CC(F)(F)F. The quantitative estimate of drug-likeness (QED) is 0.808. The van der Waals surface area contributed by atoms with Gasteiger partial charge in [0.05, 0.1) is 25.1 Å². The average Bonchev–Trinajstić information content (AvgIpc) is 2.97. The molecule has 1 saturated heterocycles. The Morgan fingerprint density at radius 2 is 2.14 bits per heavy atom. The van der Waals surface area contributed by atoms with Gasteiger partial charge in [0.25, 0.3) is 0 Å². The number of halogens is 3. The number of amides is 1. The monoisotopic (exact) mass is 340 g/mol. The van der Waals surface area contributed by atoms with Crippen molar-refractivity contribution in [2.45, 2.75) is 19.1 Å². The molecule has 2 rings (SSSR count). The average molecular weight is 340 g/mol. The van der Waals surface area contributed by atoms with Crippen LogP contribution >= 0.6 is 0 Å². The normalized spacial score (nSPS) is 18.5. The van der Waals surface area contributed by atoms with Gasteiger partial charge in [-0.2, -0.15) is 17.5 Å². The van der Waals surface area contributed by atoms with E-state index in [0.29, 0.717) is 11.3 Å². The third-order valence-electron chi connectivity index (χ3n) is 3.16. The van der Waals surface area contributed by atoms with Crippen molar-refractivity contribution in [3.63, 3.8) is 0 Å². The Balaban J connectivity index is 2.08. The molecule has 0 bridgehead atoms. The van der Waals surface area contributed by atoms with Gasteiger partial charge >= 0.3 is 6.18 Å². The number of carbonyl (C=O) groups excluding carboxylic acids is 1. The smallest absolute Gasteiger partial charge is 0.406 e. The molecule has 124 valence electrons.